The van der Waals surface area contributed by atoms with E-state index in [2.05, 4.69) is 59.2 Å². The van der Waals surface area contributed by atoms with E-state index in [1.165, 1.54) is 59.6 Å². The lowest BCUT2D eigenvalue weighted by atomic mass is 9.79. The summed E-state index contributed by atoms with van der Waals surface area (Å²) in [5, 5.41) is 9.93. The maximum atomic E-state index is 9.93. The predicted molar refractivity (Wildman–Crippen MR) is 150 cm³/mol. The first-order valence-corrected chi connectivity index (χ1v) is 13.7. The number of rotatable bonds is 10. The van der Waals surface area contributed by atoms with Crippen molar-refractivity contribution >= 4 is 5.69 Å². The number of hydrogen-bond acceptors (Lipinski definition) is 5. The minimum absolute atomic E-state index is 0.354. The van der Waals surface area contributed by atoms with Crippen LogP contribution < -0.4 is 14.4 Å². The van der Waals surface area contributed by atoms with Crippen LogP contribution in [0.15, 0.2) is 54.6 Å². The van der Waals surface area contributed by atoms with Gasteiger partial charge < -0.3 is 24.4 Å². The number of likely N-dealkylation sites (tertiary alicyclic amines) is 1. The van der Waals surface area contributed by atoms with Crippen molar-refractivity contribution in [3.63, 3.8) is 0 Å². The Morgan fingerprint density at radius 2 is 1.65 bits per heavy atom. The standard InChI is InChI=1S/C32H40N2O3/c1-4-34(22-24-8-6-23(7-9-24)14-17-33-15-5-16-33)30-21-32(37-3)31(36-2)20-29(30)27-11-10-26-19-28(35)13-12-25(26)18-27/h6-9,12-13,19-21,27,35H,4-5,10-11,14-18,22H2,1-3H3/t27-/m1/s1. The normalized spacial score (nSPS) is 17.1. The van der Waals surface area contributed by atoms with Gasteiger partial charge in [-0.15, -0.1) is 0 Å². The van der Waals surface area contributed by atoms with Crippen molar-refractivity contribution in [2.24, 2.45) is 0 Å². The predicted octanol–water partition coefficient (Wildman–Crippen LogP) is 5.96. The molecule has 5 heteroatoms. The lowest BCUT2D eigenvalue weighted by molar-refractivity contribution is 0.184. The van der Waals surface area contributed by atoms with Gasteiger partial charge in [0.2, 0.25) is 0 Å². The van der Waals surface area contributed by atoms with Gasteiger partial charge in [0, 0.05) is 31.4 Å². The molecule has 1 atom stereocenters. The van der Waals surface area contributed by atoms with Crippen molar-refractivity contribution in [1.82, 2.24) is 4.90 Å². The number of aromatic hydroxyl groups is 1. The highest BCUT2D eigenvalue weighted by Gasteiger charge is 2.26. The fourth-order valence-electron chi connectivity index (χ4n) is 5.78. The molecule has 1 N–H and O–H groups in total. The topological polar surface area (TPSA) is 45.2 Å². The molecule has 5 nitrogen and oxygen atoms in total. The van der Waals surface area contributed by atoms with E-state index >= 15 is 0 Å². The first-order chi connectivity index (χ1) is 18.1. The van der Waals surface area contributed by atoms with Crippen LogP contribution in [0.5, 0.6) is 17.2 Å². The summed E-state index contributed by atoms with van der Waals surface area (Å²) in [5.74, 6) is 2.28. The lowest BCUT2D eigenvalue weighted by Crippen LogP contribution is -2.38. The Balaban J connectivity index is 1.40. The lowest BCUT2D eigenvalue weighted by Gasteiger charge is -2.32. The van der Waals surface area contributed by atoms with Crippen molar-refractivity contribution in [3.05, 3.63) is 82.4 Å². The summed E-state index contributed by atoms with van der Waals surface area (Å²) in [7, 11) is 3.42. The second-order valence-electron chi connectivity index (χ2n) is 10.4. The third-order valence-electron chi connectivity index (χ3n) is 8.18. The van der Waals surface area contributed by atoms with Crippen LogP contribution in [0, 0.1) is 0 Å². The molecule has 0 aromatic heterocycles. The van der Waals surface area contributed by atoms with Gasteiger partial charge in [0.25, 0.3) is 0 Å². The zero-order valence-corrected chi connectivity index (χ0v) is 22.5. The van der Waals surface area contributed by atoms with Crippen LogP contribution in [0.4, 0.5) is 5.69 Å². The quantitative estimate of drug-likeness (QED) is 0.372. The first-order valence-electron chi connectivity index (χ1n) is 13.7. The fraction of sp³-hybridized carbons (Fsp3) is 0.438. The summed E-state index contributed by atoms with van der Waals surface area (Å²) in [6.07, 6.45) is 5.44. The van der Waals surface area contributed by atoms with Gasteiger partial charge in [-0.25, -0.2) is 0 Å². The Morgan fingerprint density at radius 3 is 2.32 bits per heavy atom. The second kappa shape index (κ2) is 11.5. The molecule has 0 radical (unpaired) electrons. The van der Waals surface area contributed by atoms with E-state index in [0.717, 1.165) is 50.3 Å². The molecule has 0 bridgehead atoms. The Morgan fingerprint density at radius 1 is 0.919 bits per heavy atom. The smallest absolute Gasteiger partial charge is 0.162 e. The maximum Gasteiger partial charge on any atom is 0.162 e. The molecule has 3 aromatic carbocycles. The third kappa shape index (κ3) is 5.72. The minimum Gasteiger partial charge on any atom is -0.508 e. The number of methoxy groups -OCH3 is 2. The van der Waals surface area contributed by atoms with E-state index in [0.29, 0.717) is 11.7 Å². The van der Waals surface area contributed by atoms with Gasteiger partial charge in [-0.05, 0) is 104 Å². The first kappa shape index (κ1) is 25.5. The Kier molecular flexibility index (Phi) is 7.90. The average Bonchev–Trinajstić information content (AvgIpc) is 2.90. The van der Waals surface area contributed by atoms with Crippen molar-refractivity contribution in [1.29, 1.82) is 0 Å². The van der Waals surface area contributed by atoms with Gasteiger partial charge in [0.05, 0.1) is 14.2 Å². The molecule has 1 saturated heterocycles. The van der Waals surface area contributed by atoms with Gasteiger partial charge in [-0.3, -0.25) is 0 Å². The number of fused-ring (bicyclic) bond motifs is 1. The SMILES string of the molecule is CCN(Cc1ccc(CCN2CCC2)cc1)c1cc(OC)c(OC)cc1[C@@H]1CCc2cc(O)ccc2C1. The molecule has 2 aliphatic rings. The van der Waals surface area contributed by atoms with Crippen LogP contribution in [-0.4, -0.2) is 50.4 Å². The summed E-state index contributed by atoms with van der Waals surface area (Å²) in [4.78, 5) is 4.98. The number of phenols is 1. The number of phenolic OH excluding ortho intramolecular Hbond substituents is 1. The van der Waals surface area contributed by atoms with Gasteiger partial charge in [-0.2, -0.15) is 0 Å². The number of aryl methyl sites for hydroxylation is 1. The van der Waals surface area contributed by atoms with Crippen molar-refractivity contribution in [2.45, 2.75) is 51.5 Å². The Hall–Kier alpha value is -3.18. The number of hydrogen-bond donors (Lipinski definition) is 1. The Labute approximate surface area is 221 Å². The maximum absolute atomic E-state index is 9.93. The van der Waals surface area contributed by atoms with Crippen molar-refractivity contribution < 1.29 is 14.6 Å². The third-order valence-corrected chi connectivity index (χ3v) is 8.18. The minimum atomic E-state index is 0.354. The fourth-order valence-corrected chi connectivity index (χ4v) is 5.78. The van der Waals surface area contributed by atoms with Gasteiger partial charge in [0.15, 0.2) is 11.5 Å². The molecule has 1 fully saturated rings. The van der Waals surface area contributed by atoms with E-state index in [-0.39, 0.29) is 0 Å². The van der Waals surface area contributed by atoms with Crippen LogP contribution in [0.25, 0.3) is 0 Å². The van der Waals surface area contributed by atoms with Crippen molar-refractivity contribution in [2.75, 3.05) is 45.3 Å². The molecule has 3 aromatic rings. The summed E-state index contributed by atoms with van der Waals surface area (Å²) < 4.78 is 11.5. The molecule has 0 unspecified atom stereocenters. The molecule has 1 aliphatic heterocycles. The molecule has 5 rings (SSSR count). The number of anilines is 1. The highest BCUT2D eigenvalue weighted by Crippen LogP contribution is 2.43. The molecule has 0 spiro atoms. The number of ether oxygens (including phenoxy) is 2. The average molecular weight is 501 g/mol. The van der Waals surface area contributed by atoms with E-state index in [4.69, 9.17) is 9.47 Å². The van der Waals surface area contributed by atoms with Gasteiger partial charge >= 0.3 is 0 Å². The van der Waals surface area contributed by atoms with Gasteiger partial charge in [-0.1, -0.05) is 30.3 Å². The highest BCUT2D eigenvalue weighted by atomic mass is 16.5. The van der Waals surface area contributed by atoms with E-state index in [9.17, 15) is 5.11 Å². The van der Waals surface area contributed by atoms with Crippen LogP contribution in [0.1, 0.15) is 53.5 Å². The highest BCUT2D eigenvalue weighted by molar-refractivity contribution is 5.64. The number of nitrogens with zero attached hydrogens (tertiary/aromatic N) is 2. The Bertz CT molecular complexity index is 1200. The second-order valence-corrected chi connectivity index (χ2v) is 10.4. The number of benzene rings is 3. The summed E-state index contributed by atoms with van der Waals surface area (Å²) in [5.41, 5.74) is 7.85. The van der Waals surface area contributed by atoms with E-state index in [1.54, 1.807) is 14.2 Å². The zero-order valence-electron chi connectivity index (χ0n) is 22.5. The largest absolute Gasteiger partial charge is 0.508 e. The summed E-state index contributed by atoms with van der Waals surface area (Å²) in [6.45, 7) is 7.65. The molecule has 0 amide bonds. The zero-order chi connectivity index (χ0) is 25.8. The summed E-state index contributed by atoms with van der Waals surface area (Å²) >= 11 is 0. The molecule has 196 valence electrons. The van der Waals surface area contributed by atoms with E-state index in [1.807, 2.05) is 12.1 Å². The van der Waals surface area contributed by atoms with Crippen LogP contribution in [0.2, 0.25) is 0 Å². The summed E-state index contributed by atoms with van der Waals surface area (Å²) in [6, 6.07) is 19.3. The van der Waals surface area contributed by atoms with Crippen LogP contribution in [0.3, 0.4) is 0 Å². The van der Waals surface area contributed by atoms with Crippen LogP contribution >= 0.6 is 0 Å². The van der Waals surface area contributed by atoms with E-state index < -0.39 is 0 Å². The monoisotopic (exact) mass is 500 g/mol. The molecule has 1 aliphatic carbocycles. The molecular formula is C32H40N2O3. The van der Waals surface area contributed by atoms with Gasteiger partial charge in [0.1, 0.15) is 5.75 Å². The van der Waals surface area contributed by atoms with Crippen LogP contribution in [-0.2, 0) is 25.8 Å². The molecule has 0 saturated carbocycles. The van der Waals surface area contributed by atoms with Crippen molar-refractivity contribution in [3.8, 4) is 17.2 Å². The molecular weight excluding hydrogens is 460 g/mol. The molecule has 1 heterocycles. The molecule has 37 heavy (non-hydrogen) atoms.